The molecule has 0 fully saturated rings. The van der Waals surface area contributed by atoms with Crippen molar-refractivity contribution in [3.8, 4) is 0 Å². The number of likely N-dealkylation sites (N-methyl/N-ethyl adjacent to an activating group) is 1. The standard InChI is InChI=1S/C15H17NS.C10H10.C7H10S/c1-11-8-13-14(12-6-4-3-5-7-12)9-16(2)10-15(13)17-11;1-2-3-7-10-8-5-4-6-9-10;1-5-4-6(2)8-7(5)3/h3-8,14H,9-10H2,1-2H3;2-9H,1H2;4H,1-3H3/b;7-3+;. The predicted octanol–water partition coefficient (Wildman–Crippen LogP) is 9.19. The molecule has 1 atom stereocenters. The summed E-state index contributed by atoms with van der Waals surface area (Å²) in [5, 5.41) is 0. The highest BCUT2D eigenvalue weighted by Gasteiger charge is 2.26. The molecule has 4 aromatic rings. The molecule has 0 aliphatic carbocycles. The van der Waals surface area contributed by atoms with Crippen LogP contribution >= 0.6 is 22.7 Å². The lowest BCUT2D eigenvalue weighted by Gasteiger charge is -2.30. The highest BCUT2D eigenvalue weighted by molar-refractivity contribution is 7.12. The third kappa shape index (κ3) is 8.17. The van der Waals surface area contributed by atoms with E-state index in [1.807, 2.05) is 53.0 Å². The van der Waals surface area contributed by atoms with E-state index in [4.69, 9.17) is 0 Å². The van der Waals surface area contributed by atoms with Crippen molar-refractivity contribution in [2.45, 2.75) is 40.2 Å². The lowest BCUT2D eigenvalue weighted by atomic mass is 9.88. The summed E-state index contributed by atoms with van der Waals surface area (Å²) in [6.45, 7) is 14.5. The Labute approximate surface area is 220 Å². The molecule has 0 radical (unpaired) electrons. The van der Waals surface area contributed by atoms with Crippen molar-refractivity contribution in [3.63, 3.8) is 0 Å². The molecule has 182 valence electrons. The molecule has 1 nitrogen and oxygen atoms in total. The Morgan fingerprint density at radius 3 is 2.03 bits per heavy atom. The predicted molar refractivity (Wildman–Crippen MR) is 158 cm³/mol. The van der Waals surface area contributed by atoms with E-state index in [0.29, 0.717) is 5.92 Å². The Balaban J connectivity index is 0.000000162. The Kier molecular flexibility index (Phi) is 10.3. The number of allylic oxidation sites excluding steroid dienone is 2. The van der Waals surface area contributed by atoms with Gasteiger partial charge < -0.3 is 4.90 Å². The molecule has 1 aliphatic heterocycles. The SMILES string of the molecule is C=C/C=C/c1ccccc1.Cc1cc(C)c(C)s1.Cc1cc2c(s1)CN(C)CC2c1ccccc1. The molecule has 0 N–H and O–H groups in total. The summed E-state index contributed by atoms with van der Waals surface area (Å²) < 4.78 is 0. The van der Waals surface area contributed by atoms with Gasteiger partial charge >= 0.3 is 0 Å². The Morgan fingerprint density at radius 1 is 0.857 bits per heavy atom. The summed E-state index contributed by atoms with van der Waals surface area (Å²) in [6, 6.07) is 25.6. The fourth-order valence-corrected chi connectivity index (χ4v) is 6.31. The van der Waals surface area contributed by atoms with Crippen LogP contribution in [0.15, 0.2) is 91.5 Å². The van der Waals surface area contributed by atoms with Gasteiger partial charge in [0.1, 0.15) is 0 Å². The van der Waals surface area contributed by atoms with Crippen LogP contribution in [-0.2, 0) is 6.54 Å². The summed E-state index contributed by atoms with van der Waals surface area (Å²) in [5.74, 6) is 0.551. The van der Waals surface area contributed by atoms with Gasteiger partial charge in [0.25, 0.3) is 0 Å². The first-order valence-corrected chi connectivity index (χ1v) is 13.7. The number of thiophene rings is 2. The molecule has 0 saturated heterocycles. The maximum absolute atomic E-state index is 3.59. The second-order valence-corrected chi connectivity index (χ2v) is 11.8. The first kappa shape index (κ1) is 26.9. The van der Waals surface area contributed by atoms with Crippen LogP contribution in [0, 0.1) is 27.7 Å². The van der Waals surface area contributed by atoms with E-state index < -0.39 is 0 Å². The smallest absolute Gasteiger partial charge is 0.0328 e. The van der Waals surface area contributed by atoms with Crippen molar-refractivity contribution >= 4 is 28.7 Å². The van der Waals surface area contributed by atoms with E-state index in [0.717, 1.165) is 13.1 Å². The zero-order valence-corrected chi connectivity index (χ0v) is 23.3. The summed E-state index contributed by atoms with van der Waals surface area (Å²) >= 11 is 3.82. The van der Waals surface area contributed by atoms with Crippen molar-refractivity contribution in [1.29, 1.82) is 0 Å². The molecular formula is C32H37NS2. The van der Waals surface area contributed by atoms with E-state index in [1.54, 1.807) is 16.5 Å². The minimum Gasteiger partial charge on any atom is -0.300 e. The maximum Gasteiger partial charge on any atom is 0.0328 e. The van der Waals surface area contributed by atoms with Crippen molar-refractivity contribution < 1.29 is 0 Å². The Hall–Kier alpha value is -2.72. The van der Waals surface area contributed by atoms with Crippen LogP contribution in [0.1, 0.15) is 47.7 Å². The van der Waals surface area contributed by atoms with Crippen LogP contribution < -0.4 is 0 Å². The summed E-state index contributed by atoms with van der Waals surface area (Å²) in [6.07, 6.45) is 5.72. The summed E-state index contributed by atoms with van der Waals surface area (Å²) in [7, 11) is 2.22. The van der Waals surface area contributed by atoms with E-state index in [-0.39, 0.29) is 0 Å². The number of hydrogen-bond acceptors (Lipinski definition) is 3. The molecule has 1 unspecified atom stereocenters. The number of aryl methyl sites for hydroxylation is 4. The van der Waals surface area contributed by atoms with Gasteiger partial charge in [-0.2, -0.15) is 0 Å². The van der Waals surface area contributed by atoms with Gasteiger partial charge in [-0.25, -0.2) is 0 Å². The molecule has 2 aromatic heterocycles. The minimum atomic E-state index is 0.551. The quantitative estimate of drug-likeness (QED) is 0.254. The topological polar surface area (TPSA) is 3.24 Å². The maximum atomic E-state index is 3.59. The third-order valence-electron chi connectivity index (χ3n) is 5.96. The van der Waals surface area contributed by atoms with E-state index in [1.165, 1.54) is 31.3 Å². The monoisotopic (exact) mass is 499 g/mol. The normalized spacial score (nSPS) is 14.9. The molecular weight excluding hydrogens is 462 g/mol. The summed E-state index contributed by atoms with van der Waals surface area (Å²) in [5.41, 5.74) is 5.63. The van der Waals surface area contributed by atoms with Crippen LogP contribution in [0.3, 0.4) is 0 Å². The average molecular weight is 500 g/mol. The minimum absolute atomic E-state index is 0.551. The Morgan fingerprint density at radius 2 is 1.49 bits per heavy atom. The van der Waals surface area contributed by atoms with Crippen molar-refractivity contribution in [2.75, 3.05) is 13.6 Å². The zero-order valence-electron chi connectivity index (χ0n) is 21.6. The summed E-state index contributed by atoms with van der Waals surface area (Å²) in [4.78, 5) is 8.27. The van der Waals surface area contributed by atoms with Crippen LogP contribution in [0.5, 0.6) is 0 Å². The van der Waals surface area contributed by atoms with Crippen LogP contribution in [-0.4, -0.2) is 18.5 Å². The number of benzene rings is 2. The fourth-order valence-electron chi connectivity index (χ4n) is 4.19. The number of fused-ring (bicyclic) bond motifs is 1. The fraction of sp³-hybridized carbons (Fsp3) is 0.250. The second-order valence-electron chi connectivity index (χ2n) is 9.00. The molecule has 0 bridgehead atoms. The lowest BCUT2D eigenvalue weighted by molar-refractivity contribution is 0.299. The molecule has 2 aromatic carbocycles. The van der Waals surface area contributed by atoms with Gasteiger partial charge in [-0.3, -0.25) is 0 Å². The average Bonchev–Trinajstić information content (AvgIpc) is 3.37. The number of rotatable bonds is 3. The van der Waals surface area contributed by atoms with E-state index in [2.05, 4.69) is 101 Å². The molecule has 0 amide bonds. The molecule has 0 spiro atoms. The molecule has 1 aliphatic rings. The van der Waals surface area contributed by atoms with Gasteiger partial charge in [0.05, 0.1) is 0 Å². The highest BCUT2D eigenvalue weighted by atomic mass is 32.1. The first-order valence-electron chi connectivity index (χ1n) is 12.1. The van der Waals surface area contributed by atoms with Crippen molar-refractivity contribution in [3.05, 3.63) is 133 Å². The largest absolute Gasteiger partial charge is 0.300 e. The molecule has 5 rings (SSSR count). The van der Waals surface area contributed by atoms with Gasteiger partial charge in [0.2, 0.25) is 0 Å². The van der Waals surface area contributed by atoms with Crippen LogP contribution in [0.4, 0.5) is 0 Å². The van der Waals surface area contributed by atoms with Crippen LogP contribution in [0.25, 0.3) is 6.08 Å². The van der Waals surface area contributed by atoms with Gasteiger partial charge in [-0.15, -0.1) is 22.7 Å². The van der Waals surface area contributed by atoms with E-state index >= 15 is 0 Å². The molecule has 0 saturated carbocycles. The second kappa shape index (κ2) is 13.4. The molecule has 3 heteroatoms. The number of nitrogens with zero attached hydrogens (tertiary/aromatic N) is 1. The Bertz CT molecular complexity index is 1200. The zero-order chi connectivity index (χ0) is 25.2. The van der Waals surface area contributed by atoms with E-state index in [9.17, 15) is 0 Å². The van der Waals surface area contributed by atoms with Crippen molar-refractivity contribution in [1.82, 2.24) is 4.90 Å². The van der Waals surface area contributed by atoms with Gasteiger partial charge in [-0.1, -0.05) is 85.5 Å². The molecule has 35 heavy (non-hydrogen) atoms. The van der Waals surface area contributed by atoms with Crippen LogP contribution in [0.2, 0.25) is 0 Å². The highest BCUT2D eigenvalue weighted by Crippen LogP contribution is 2.37. The van der Waals surface area contributed by atoms with Crippen molar-refractivity contribution in [2.24, 2.45) is 0 Å². The number of hydrogen-bond donors (Lipinski definition) is 0. The van der Waals surface area contributed by atoms with Gasteiger partial charge in [0.15, 0.2) is 0 Å². The first-order chi connectivity index (χ1) is 16.9. The van der Waals surface area contributed by atoms with Gasteiger partial charge in [0, 0.05) is 38.5 Å². The lowest BCUT2D eigenvalue weighted by Crippen LogP contribution is -2.29. The molecule has 3 heterocycles. The van der Waals surface area contributed by atoms with Gasteiger partial charge in [-0.05, 0) is 69.1 Å². The third-order valence-corrected chi connectivity index (χ3v) is 8.08.